The number of hydrogen-bond acceptors (Lipinski definition) is 2. The fourth-order valence-electron chi connectivity index (χ4n) is 1.77. The van der Waals surface area contributed by atoms with E-state index in [1.165, 1.54) is 18.2 Å². The summed E-state index contributed by atoms with van der Waals surface area (Å²) >= 11 is 1.97. The minimum absolute atomic E-state index is 0.131. The van der Waals surface area contributed by atoms with Crippen LogP contribution in [0, 0.1) is 9.39 Å². The Bertz CT molecular complexity index is 612. The molecule has 100 valence electrons. The quantitative estimate of drug-likeness (QED) is 0.776. The highest BCUT2D eigenvalue weighted by Gasteiger charge is 2.16. The SMILES string of the molecule is CN(Cc1cnn(C)c1)C(=O)c1ccc(F)cc1I. The molecule has 0 fully saturated rings. The minimum atomic E-state index is -0.337. The van der Waals surface area contributed by atoms with Crippen LogP contribution in [0.1, 0.15) is 15.9 Å². The molecule has 19 heavy (non-hydrogen) atoms. The number of aryl methyl sites for hydroxylation is 1. The number of amides is 1. The Morgan fingerprint density at radius 2 is 2.26 bits per heavy atom. The number of hydrogen-bond donors (Lipinski definition) is 0. The highest BCUT2D eigenvalue weighted by molar-refractivity contribution is 14.1. The molecule has 0 bridgehead atoms. The first kappa shape index (κ1) is 14.0. The molecule has 2 aromatic rings. The van der Waals surface area contributed by atoms with E-state index >= 15 is 0 Å². The van der Waals surface area contributed by atoms with Gasteiger partial charge in [0, 0.05) is 36.0 Å². The van der Waals surface area contributed by atoms with Crippen LogP contribution in [0.2, 0.25) is 0 Å². The van der Waals surface area contributed by atoms with Gasteiger partial charge < -0.3 is 4.90 Å². The Balaban J connectivity index is 2.14. The molecule has 0 spiro atoms. The van der Waals surface area contributed by atoms with Crippen molar-refractivity contribution in [2.24, 2.45) is 7.05 Å². The van der Waals surface area contributed by atoms with E-state index in [1.807, 2.05) is 35.8 Å². The lowest BCUT2D eigenvalue weighted by atomic mass is 10.2. The van der Waals surface area contributed by atoms with Crippen molar-refractivity contribution in [2.75, 3.05) is 7.05 Å². The zero-order valence-electron chi connectivity index (χ0n) is 10.6. The van der Waals surface area contributed by atoms with Crippen LogP contribution in [0.25, 0.3) is 0 Å². The fourth-order valence-corrected chi connectivity index (χ4v) is 2.48. The van der Waals surface area contributed by atoms with Crippen molar-refractivity contribution in [3.8, 4) is 0 Å². The fraction of sp³-hybridized carbons (Fsp3) is 0.231. The number of halogens is 2. The Hall–Kier alpha value is -1.44. The van der Waals surface area contributed by atoms with Crippen LogP contribution in [0.3, 0.4) is 0 Å². The second-order valence-corrected chi connectivity index (χ2v) is 5.47. The topological polar surface area (TPSA) is 38.1 Å². The smallest absolute Gasteiger partial charge is 0.254 e. The van der Waals surface area contributed by atoms with Gasteiger partial charge in [0.1, 0.15) is 5.82 Å². The lowest BCUT2D eigenvalue weighted by molar-refractivity contribution is 0.0784. The summed E-state index contributed by atoms with van der Waals surface area (Å²) in [6.07, 6.45) is 3.58. The summed E-state index contributed by atoms with van der Waals surface area (Å²) in [7, 11) is 3.54. The van der Waals surface area contributed by atoms with E-state index in [9.17, 15) is 9.18 Å². The molecule has 0 aliphatic heterocycles. The van der Waals surface area contributed by atoms with Crippen molar-refractivity contribution >= 4 is 28.5 Å². The summed E-state index contributed by atoms with van der Waals surface area (Å²) in [6.45, 7) is 0.472. The van der Waals surface area contributed by atoms with E-state index in [-0.39, 0.29) is 11.7 Å². The van der Waals surface area contributed by atoms with Crippen molar-refractivity contribution < 1.29 is 9.18 Å². The van der Waals surface area contributed by atoms with Crippen LogP contribution in [0.5, 0.6) is 0 Å². The monoisotopic (exact) mass is 373 g/mol. The highest BCUT2D eigenvalue weighted by atomic mass is 127. The lowest BCUT2D eigenvalue weighted by Gasteiger charge is -2.17. The molecule has 2 rings (SSSR count). The molecule has 1 aromatic heterocycles. The van der Waals surface area contributed by atoms with Gasteiger partial charge in [0.2, 0.25) is 0 Å². The summed E-state index contributed by atoms with van der Waals surface area (Å²) in [4.78, 5) is 13.8. The van der Waals surface area contributed by atoms with Gasteiger partial charge in [-0.15, -0.1) is 0 Å². The molecule has 0 radical (unpaired) electrons. The molecule has 0 saturated carbocycles. The van der Waals surface area contributed by atoms with Crippen molar-refractivity contribution in [2.45, 2.75) is 6.54 Å². The molecule has 0 aliphatic rings. The first-order chi connectivity index (χ1) is 8.97. The normalized spacial score (nSPS) is 10.5. The Morgan fingerprint density at radius 1 is 1.53 bits per heavy atom. The molecule has 1 heterocycles. The molecule has 6 heteroatoms. The number of rotatable bonds is 3. The molecular formula is C13H13FIN3O. The second kappa shape index (κ2) is 5.68. The summed E-state index contributed by atoms with van der Waals surface area (Å²) in [5.74, 6) is -0.468. The summed E-state index contributed by atoms with van der Waals surface area (Å²) in [6, 6.07) is 4.16. The maximum absolute atomic E-state index is 13.0. The van der Waals surface area contributed by atoms with Crippen molar-refractivity contribution in [1.82, 2.24) is 14.7 Å². The molecule has 4 nitrogen and oxygen atoms in total. The third-order valence-electron chi connectivity index (χ3n) is 2.69. The van der Waals surface area contributed by atoms with Crippen LogP contribution in [-0.2, 0) is 13.6 Å². The zero-order chi connectivity index (χ0) is 14.0. The van der Waals surface area contributed by atoms with E-state index in [2.05, 4.69) is 5.10 Å². The van der Waals surface area contributed by atoms with Crippen LogP contribution in [-0.4, -0.2) is 27.6 Å². The molecule has 0 unspecified atom stereocenters. The number of benzene rings is 1. The van der Waals surface area contributed by atoms with E-state index < -0.39 is 0 Å². The molecule has 0 saturated heterocycles. The van der Waals surface area contributed by atoms with Gasteiger partial charge >= 0.3 is 0 Å². The molecule has 0 N–H and O–H groups in total. The maximum Gasteiger partial charge on any atom is 0.254 e. The average Bonchev–Trinajstić information content (AvgIpc) is 2.74. The third-order valence-corrected chi connectivity index (χ3v) is 3.58. The largest absolute Gasteiger partial charge is 0.337 e. The van der Waals surface area contributed by atoms with Crippen molar-refractivity contribution in [3.05, 3.63) is 51.1 Å². The van der Waals surface area contributed by atoms with Crippen LogP contribution < -0.4 is 0 Å². The highest BCUT2D eigenvalue weighted by Crippen LogP contribution is 2.16. The van der Waals surface area contributed by atoms with Gasteiger partial charge in [0.25, 0.3) is 5.91 Å². The van der Waals surface area contributed by atoms with E-state index in [1.54, 1.807) is 22.8 Å². The predicted octanol–water partition coefficient (Wildman–Crippen LogP) is 2.44. The molecular weight excluding hydrogens is 360 g/mol. The average molecular weight is 373 g/mol. The third kappa shape index (κ3) is 3.31. The Kier molecular flexibility index (Phi) is 4.18. The molecule has 0 aliphatic carbocycles. The van der Waals surface area contributed by atoms with Crippen LogP contribution in [0.15, 0.2) is 30.6 Å². The first-order valence-corrected chi connectivity index (χ1v) is 6.73. The van der Waals surface area contributed by atoms with Gasteiger partial charge in [-0.25, -0.2) is 4.39 Å². The first-order valence-electron chi connectivity index (χ1n) is 5.65. The maximum atomic E-state index is 13.0. The Morgan fingerprint density at radius 3 is 2.84 bits per heavy atom. The van der Waals surface area contributed by atoms with E-state index in [4.69, 9.17) is 0 Å². The van der Waals surface area contributed by atoms with Gasteiger partial charge in [0.05, 0.1) is 11.8 Å². The van der Waals surface area contributed by atoms with Gasteiger partial charge in [-0.1, -0.05) is 0 Å². The second-order valence-electron chi connectivity index (χ2n) is 4.31. The van der Waals surface area contributed by atoms with Gasteiger partial charge in [-0.05, 0) is 40.8 Å². The van der Waals surface area contributed by atoms with Gasteiger partial charge in [0.15, 0.2) is 0 Å². The standard InChI is InChI=1S/C13H13FIN3O/c1-17(7-9-6-16-18(2)8-9)13(19)11-4-3-10(14)5-12(11)15/h3-6,8H,7H2,1-2H3. The van der Waals surface area contributed by atoms with Crippen LogP contribution >= 0.6 is 22.6 Å². The summed E-state index contributed by atoms with van der Waals surface area (Å²) in [5, 5.41) is 4.06. The minimum Gasteiger partial charge on any atom is -0.337 e. The van der Waals surface area contributed by atoms with Crippen molar-refractivity contribution in [1.29, 1.82) is 0 Å². The van der Waals surface area contributed by atoms with E-state index in [0.717, 1.165) is 5.56 Å². The lowest BCUT2D eigenvalue weighted by Crippen LogP contribution is -2.26. The zero-order valence-corrected chi connectivity index (χ0v) is 12.8. The molecule has 0 atom stereocenters. The summed E-state index contributed by atoms with van der Waals surface area (Å²) < 4.78 is 15.3. The van der Waals surface area contributed by atoms with Crippen LogP contribution in [0.4, 0.5) is 4.39 Å². The number of nitrogens with zero attached hydrogens (tertiary/aromatic N) is 3. The number of aromatic nitrogens is 2. The van der Waals surface area contributed by atoms with Gasteiger partial charge in [-0.2, -0.15) is 5.10 Å². The number of carbonyl (C=O) groups is 1. The predicted molar refractivity (Wildman–Crippen MR) is 78.1 cm³/mol. The number of carbonyl (C=O) groups excluding carboxylic acids is 1. The molecule has 1 amide bonds. The van der Waals surface area contributed by atoms with E-state index in [0.29, 0.717) is 15.7 Å². The van der Waals surface area contributed by atoms with Crippen molar-refractivity contribution in [3.63, 3.8) is 0 Å². The van der Waals surface area contributed by atoms with Gasteiger partial charge in [-0.3, -0.25) is 9.48 Å². The Labute approximate surface area is 124 Å². The molecule has 1 aromatic carbocycles. The summed E-state index contributed by atoms with van der Waals surface area (Å²) in [5.41, 5.74) is 1.46.